The molecular weight excluding hydrogens is 277 g/mol. The first-order valence-electron chi connectivity index (χ1n) is 6.34. The van der Waals surface area contributed by atoms with Crippen LogP contribution < -0.4 is 5.32 Å². The Bertz CT molecular complexity index is 720. The van der Waals surface area contributed by atoms with Gasteiger partial charge in [0.05, 0.1) is 16.8 Å². The van der Waals surface area contributed by atoms with Crippen LogP contribution in [0.3, 0.4) is 0 Å². The summed E-state index contributed by atoms with van der Waals surface area (Å²) in [6.45, 7) is 1.91. The minimum absolute atomic E-state index is 0.104. The zero-order chi connectivity index (χ0) is 14.1. The van der Waals surface area contributed by atoms with Crippen molar-refractivity contribution >= 4 is 28.3 Å². The summed E-state index contributed by atoms with van der Waals surface area (Å²) in [5.74, 6) is 0.308. The van der Waals surface area contributed by atoms with Crippen LogP contribution in [-0.4, -0.2) is 0 Å². The van der Waals surface area contributed by atoms with Crippen LogP contribution in [0.2, 0.25) is 5.02 Å². The smallest absolute Gasteiger partial charge is 0.164 e. The van der Waals surface area contributed by atoms with Gasteiger partial charge in [-0.25, -0.2) is 4.39 Å². The normalized spacial score (nSPS) is 12.6. The SMILES string of the molecule is CC(Nc1cccc(Cl)c1F)c1cc2ccccc2o1. The van der Waals surface area contributed by atoms with Gasteiger partial charge in [-0.15, -0.1) is 0 Å². The Morgan fingerprint density at radius 2 is 1.95 bits per heavy atom. The summed E-state index contributed by atoms with van der Waals surface area (Å²) in [5, 5.41) is 4.21. The maximum Gasteiger partial charge on any atom is 0.164 e. The number of nitrogens with one attached hydrogen (secondary N) is 1. The van der Waals surface area contributed by atoms with E-state index < -0.39 is 5.82 Å². The fourth-order valence-corrected chi connectivity index (χ4v) is 2.31. The van der Waals surface area contributed by atoms with Crippen molar-refractivity contribution in [2.45, 2.75) is 13.0 Å². The van der Waals surface area contributed by atoms with Gasteiger partial charge in [0.1, 0.15) is 11.3 Å². The predicted octanol–water partition coefficient (Wildman–Crippen LogP) is 5.40. The summed E-state index contributed by atoms with van der Waals surface area (Å²) in [6, 6.07) is 14.4. The van der Waals surface area contributed by atoms with Crippen molar-refractivity contribution in [2.75, 3.05) is 5.32 Å². The molecule has 0 saturated carbocycles. The van der Waals surface area contributed by atoms with E-state index in [9.17, 15) is 4.39 Å². The zero-order valence-corrected chi connectivity index (χ0v) is 11.6. The van der Waals surface area contributed by atoms with E-state index in [4.69, 9.17) is 16.0 Å². The highest BCUT2D eigenvalue weighted by molar-refractivity contribution is 6.31. The molecule has 20 heavy (non-hydrogen) atoms. The Morgan fingerprint density at radius 1 is 1.15 bits per heavy atom. The van der Waals surface area contributed by atoms with E-state index in [-0.39, 0.29) is 11.1 Å². The van der Waals surface area contributed by atoms with Crippen LogP contribution in [0.15, 0.2) is 52.9 Å². The van der Waals surface area contributed by atoms with Crippen LogP contribution in [0.25, 0.3) is 11.0 Å². The van der Waals surface area contributed by atoms with E-state index in [0.717, 1.165) is 16.7 Å². The Hall–Kier alpha value is -2.00. The molecule has 1 unspecified atom stereocenters. The van der Waals surface area contributed by atoms with E-state index in [0.29, 0.717) is 5.69 Å². The summed E-state index contributed by atoms with van der Waals surface area (Å²) >= 11 is 5.77. The first-order valence-corrected chi connectivity index (χ1v) is 6.72. The number of anilines is 1. The summed E-state index contributed by atoms with van der Waals surface area (Å²) in [6.07, 6.45) is 0. The summed E-state index contributed by atoms with van der Waals surface area (Å²) in [7, 11) is 0. The minimum Gasteiger partial charge on any atom is -0.459 e. The van der Waals surface area contributed by atoms with E-state index in [1.165, 1.54) is 6.07 Å². The number of furan rings is 1. The quantitative estimate of drug-likeness (QED) is 0.698. The fraction of sp³-hybridized carbons (Fsp3) is 0.125. The van der Waals surface area contributed by atoms with Gasteiger partial charge in [-0.1, -0.05) is 35.9 Å². The molecule has 0 aliphatic carbocycles. The maximum absolute atomic E-state index is 13.9. The van der Waals surface area contributed by atoms with Crippen LogP contribution in [0.1, 0.15) is 18.7 Å². The molecule has 0 spiro atoms. The van der Waals surface area contributed by atoms with E-state index in [1.54, 1.807) is 12.1 Å². The maximum atomic E-state index is 13.9. The lowest BCUT2D eigenvalue weighted by Gasteiger charge is -2.13. The van der Waals surface area contributed by atoms with Gasteiger partial charge >= 0.3 is 0 Å². The number of halogens is 2. The first-order chi connectivity index (χ1) is 9.65. The van der Waals surface area contributed by atoms with Crippen LogP contribution in [0.5, 0.6) is 0 Å². The number of benzene rings is 2. The van der Waals surface area contributed by atoms with E-state index in [2.05, 4.69) is 5.32 Å². The Balaban J connectivity index is 1.89. The molecule has 1 heterocycles. The van der Waals surface area contributed by atoms with Gasteiger partial charge in [0.15, 0.2) is 5.82 Å². The van der Waals surface area contributed by atoms with Gasteiger partial charge in [0.25, 0.3) is 0 Å². The molecular formula is C16H13ClFNO. The number of rotatable bonds is 3. The number of hydrogen-bond acceptors (Lipinski definition) is 2. The molecule has 3 rings (SSSR count). The van der Waals surface area contributed by atoms with Crippen molar-refractivity contribution in [2.24, 2.45) is 0 Å². The van der Waals surface area contributed by atoms with Crippen LogP contribution in [0, 0.1) is 5.82 Å². The molecule has 0 saturated heterocycles. The first kappa shape index (κ1) is 13.0. The molecule has 4 heteroatoms. The Labute approximate surface area is 121 Å². The van der Waals surface area contributed by atoms with Gasteiger partial charge in [-0.05, 0) is 31.2 Å². The van der Waals surface area contributed by atoms with Gasteiger partial charge in [-0.2, -0.15) is 0 Å². The molecule has 3 aromatic rings. The summed E-state index contributed by atoms with van der Waals surface area (Å²) in [5.41, 5.74) is 1.19. The number of para-hydroxylation sites is 1. The van der Waals surface area contributed by atoms with Crippen molar-refractivity contribution in [1.29, 1.82) is 0 Å². The number of hydrogen-bond donors (Lipinski definition) is 1. The summed E-state index contributed by atoms with van der Waals surface area (Å²) in [4.78, 5) is 0. The van der Waals surface area contributed by atoms with E-state index in [1.807, 2.05) is 37.3 Å². The lowest BCUT2D eigenvalue weighted by molar-refractivity contribution is 0.524. The third-order valence-electron chi connectivity index (χ3n) is 3.19. The molecule has 1 aromatic heterocycles. The molecule has 1 N–H and O–H groups in total. The highest BCUT2D eigenvalue weighted by atomic mass is 35.5. The van der Waals surface area contributed by atoms with Crippen LogP contribution in [0.4, 0.5) is 10.1 Å². The minimum atomic E-state index is -0.447. The second-order valence-corrected chi connectivity index (χ2v) is 5.06. The largest absolute Gasteiger partial charge is 0.459 e. The van der Waals surface area contributed by atoms with Crippen molar-refractivity contribution in [3.8, 4) is 0 Å². The standard InChI is InChI=1S/C16H13ClFNO/c1-10(19-13-7-4-6-12(17)16(13)18)15-9-11-5-2-3-8-14(11)20-15/h2-10,19H,1H3. The van der Waals surface area contributed by atoms with Crippen molar-refractivity contribution in [1.82, 2.24) is 0 Å². The van der Waals surface area contributed by atoms with Gasteiger partial charge in [0, 0.05) is 5.39 Å². The lowest BCUT2D eigenvalue weighted by Crippen LogP contribution is -2.07. The monoisotopic (exact) mass is 289 g/mol. The third-order valence-corrected chi connectivity index (χ3v) is 3.49. The number of fused-ring (bicyclic) bond motifs is 1. The highest BCUT2D eigenvalue weighted by Gasteiger charge is 2.14. The van der Waals surface area contributed by atoms with Gasteiger partial charge in [0.2, 0.25) is 0 Å². The van der Waals surface area contributed by atoms with Crippen molar-refractivity contribution < 1.29 is 8.81 Å². The third kappa shape index (κ3) is 2.37. The molecule has 0 aliphatic rings. The Morgan fingerprint density at radius 3 is 2.75 bits per heavy atom. The topological polar surface area (TPSA) is 25.2 Å². The molecule has 0 radical (unpaired) electrons. The molecule has 1 atom stereocenters. The van der Waals surface area contributed by atoms with Crippen molar-refractivity contribution in [3.05, 3.63) is 65.1 Å². The molecule has 0 bridgehead atoms. The molecule has 102 valence electrons. The van der Waals surface area contributed by atoms with Gasteiger partial charge in [-0.3, -0.25) is 0 Å². The average molecular weight is 290 g/mol. The van der Waals surface area contributed by atoms with Crippen LogP contribution >= 0.6 is 11.6 Å². The molecule has 2 aromatic carbocycles. The van der Waals surface area contributed by atoms with E-state index >= 15 is 0 Å². The second-order valence-electron chi connectivity index (χ2n) is 4.65. The van der Waals surface area contributed by atoms with Gasteiger partial charge < -0.3 is 9.73 Å². The molecule has 2 nitrogen and oxygen atoms in total. The molecule has 0 aliphatic heterocycles. The van der Waals surface area contributed by atoms with Crippen LogP contribution in [-0.2, 0) is 0 Å². The molecule has 0 amide bonds. The Kier molecular flexibility index (Phi) is 3.36. The second kappa shape index (κ2) is 5.17. The van der Waals surface area contributed by atoms with Crippen molar-refractivity contribution in [3.63, 3.8) is 0 Å². The predicted molar refractivity (Wildman–Crippen MR) is 79.7 cm³/mol. The fourth-order valence-electron chi connectivity index (χ4n) is 2.14. The summed E-state index contributed by atoms with van der Waals surface area (Å²) < 4.78 is 19.6. The average Bonchev–Trinajstić information content (AvgIpc) is 2.88. The molecule has 0 fully saturated rings. The zero-order valence-electron chi connectivity index (χ0n) is 10.9. The lowest BCUT2D eigenvalue weighted by atomic mass is 10.2. The highest BCUT2D eigenvalue weighted by Crippen LogP contribution is 2.29.